The van der Waals surface area contributed by atoms with Gasteiger partial charge in [0.15, 0.2) is 0 Å². The molecule has 0 spiro atoms. The van der Waals surface area contributed by atoms with E-state index in [9.17, 15) is 0 Å². The summed E-state index contributed by atoms with van der Waals surface area (Å²) in [5.41, 5.74) is 7.90. The Hall–Kier alpha value is -1.60. The largest absolute Gasteiger partial charge is 0.365 e. The number of aryl methyl sites for hydroxylation is 4. The third-order valence-corrected chi connectivity index (χ3v) is 5.22. The zero-order chi connectivity index (χ0) is 18.7. The predicted molar refractivity (Wildman–Crippen MR) is 108 cm³/mol. The van der Waals surface area contributed by atoms with Crippen LogP contribution in [0.5, 0.6) is 0 Å². The van der Waals surface area contributed by atoms with Crippen LogP contribution in [0.2, 0.25) is 0 Å². The number of ether oxygens (including phenoxy) is 1. The Balaban J connectivity index is 2.36. The van der Waals surface area contributed by atoms with Crippen molar-refractivity contribution in [2.24, 2.45) is 11.8 Å². The van der Waals surface area contributed by atoms with Gasteiger partial charge in [0.25, 0.3) is 0 Å². The number of hydrogen-bond acceptors (Lipinski definition) is 1. The van der Waals surface area contributed by atoms with Gasteiger partial charge < -0.3 is 4.74 Å². The average Bonchev–Trinajstić information content (AvgIpc) is 2.53. The minimum atomic E-state index is 0.105. The Morgan fingerprint density at radius 3 is 1.20 bits per heavy atom. The third kappa shape index (κ3) is 4.73. The maximum Gasteiger partial charge on any atom is 0.0856 e. The molecule has 2 atom stereocenters. The molecule has 2 aromatic carbocycles. The highest BCUT2D eigenvalue weighted by atomic mass is 16.5. The van der Waals surface area contributed by atoms with Crippen molar-refractivity contribution >= 4 is 0 Å². The van der Waals surface area contributed by atoms with Gasteiger partial charge >= 0.3 is 0 Å². The maximum atomic E-state index is 6.74. The summed E-state index contributed by atoms with van der Waals surface area (Å²) in [7, 11) is 0. The fraction of sp³-hybridized carbons (Fsp3) is 0.500. The second-order valence-corrected chi connectivity index (χ2v) is 8.15. The Morgan fingerprint density at radius 1 is 0.560 bits per heavy atom. The van der Waals surface area contributed by atoms with Crippen LogP contribution in [0.1, 0.15) is 73.3 Å². The summed E-state index contributed by atoms with van der Waals surface area (Å²) in [4.78, 5) is 0. The minimum Gasteiger partial charge on any atom is -0.365 e. The number of hydrogen-bond donors (Lipinski definition) is 0. The first-order valence-electron chi connectivity index (χ1n) is 9.50. The summed E-state index contributed by atoms with van der Waals surface area (Å²) >= 11 is 0. The average molecular weight is 339 g/mol. The predicted octanol–water partition coefficient (Wildman–Crippen LogP) is 7.03. The summed E-state index contributed by atoms with van der Waals surface area (Å²) in [5, 5.41) is 0. The third-order valence-electron chi connectivity index (χ3n) is 5.22. The lowest BCUT2D eigenvalue weighted by Gasteiger charge is -2.31. The number of rotatable bonds is 6. The Labute approximate surface area is 154 Å². The molecule has 0 aliphatic heterocycles. The number of benzene rings is 2. The van der Waals surface area contributed by atoms with Crippen LogP contribution in [0, 0.1) is 39.5 Å². The summed E-state index contributed by atoms with van der Waals surface area (Å²) in [5.74, 6) is 0.852. The van der Waals surface area contributed by atoms with Crippen molar-refractivity contribution in [1.29, 1.82) is 0 Å². The molecule has 0 heterocycles. The SMILES string of the molecule is Cc1ccc(C(OC(c2ccc(C)c(C)c2)C(C)C)C(C)C)cc1C. The van der Waals surface area contributed by atoms with Crippen LogP contribution in [0.25, 0.3) is 0 Å². The van der Waals surface area contributed by atoms with Crippen molar-refractivity contribution in [3.05, 3.63) is 69.8 Å². The monoisotopic (exact) mass is 338 g/mol. The molecule has 0 aromatic heterocycles. The van der Waals surface area contributed by atoms with E-state index in [2.05, 4.69) is 91.8 Å². The first-order chi connectivity index (χ1) is 11.7. The van der Waals surface area contributed by atoms with Crippen molar-refractivity contribution in [3.8, 4) is 0 Å². The van der Waals surface area contributed by atoms with Gasteiger partial charge in [-0.2, -0.15) is 0 Å². The molecule has 0 radical (unpaired) electrons. The molecule has 2 rings (SSSR count). The quantitative estimate of drug-likeness (QED) is 0.549. The molecule has 2 aromatic rings. The van der Waals surface area contributed by atoms with Gasteiger partial charge in [-0.1, -0.05) is 64.1 Å². The van der Waals surface area contributed by atoms with Crippen molar-refractivity contribution in [1.82, 2.24) is 0 Å². The van der Waals surface area contributed by atoms with Gasteiger partial charge in [0.2, 0.25) is 0 Å². The van der Waals surface area contributed by atoms with E-state index in [0.29, 0.717) is 11.8 Å². The van der Waals surface area contributed by atoms with E-state index in [-0.39, 0.29) is 12.2 Å². The van der Waals surface area contributed by atoms with Gasteiger partial charge in [0, 0.05) is 0 Å². The molecular weight excluding hydrogens is 304 g/mol. The standard InChI is InChI=1S/C24H34O/c1-15(2)23(21-11-9-17(5)19(7)13-21)25-24(16(3)4)22-12-10-18(6)20(8)14-22/h9-16,23-24H,1-8H3. The van der Waals surface area contributed by atoms with E-state index in [1.807, 2.05) is 0 Å². The Kier molecular flexibility index (Phi) is 6.46. The van der Waals surface area contributed by atoms with Crippen LogP contribution in [0.4, 0.5) is 0 Å². The van der Waals surface area contributed by atoms with Crippen LogP contribution >= 0.6 is 0 Å². The smallest absolute Gasteiger partial charge is 0.0856 e. The van der Waals surface area contributed by atoms with Gasteiger partial charge in [0.1, 0.15) is 0 Å². The first kappa shape index (κ1) is 19.7. The van der Waals surface area contributed by atoms with E-state index in [1.165, 1.54) is 33.4 Å². The van der Waals surface area contributed by atoms with Crippen LogP contribution in [0.3, 0.4) is 0 Å². The molecule has 2 unspecified atom stereocenters. The molecule has 25 heavy (non-hydrogen) atoms. The zero-order valence-corrected chi connectivity index (χ0v) is 17.2. The molecule has 0 amide bonds. The molecule has 1 nitrogen and oxygen atoms in total. The molecule has 1 heteroatoms. The topological polar surface area (TPSA) is 9.23 Å². The second-order valence-electron chi connectivity index (χ2n) is 8.15. The van der Waals surface area contributed by atoms with Crippen molar-refractivity contribution in [2.45, 2.75) is 67.6 Å². The lowest BCUT2D eigenvalue weighted by atomic mass is 9.92. The van der Waals surface area contributed by atoms with Gasteiger partial charge in [-0.05, 0) is 72.9 Å². The molecule has 0 aliphatic rings. The second kappa shape index (κ2) is 8.19. The first-order valence-corrected chi connectivity index (χ1v) is 9.50. The minimum absolute atomic E-state index is 0.105. The molecule has 136 valence electrons. The highest BCUT2D eigenvalue weighted by Crippen LogP contribution is 2.37. The molecular formula is C24H34O. The maximum absolute atomic E-state index is 6.74. The summed E-state index contributed by atoms with van der Waals surface area (Å²) in [6, 6.07) is 13.5. The summed E-state index contributed by atoms with van der Waals surface area (Å²) in [6.07, 6.45) is 0.210. The summed E-state index contributed by atoms with van der Waals surface area (Å²) in [6.45, 7) is 17.7. The van der Waals surface area contributed by atoms with Crippen LogP contribution in [-0.2, 0) is 4.74 Å². The molecule has 0 N–H and O–H groups in total. The van der Waals surface area contributed by atoms with Crippen LogP contribution in [-0.4, -0.2) is 0 Å². The van der Waals surface area contributed by atoms with Gasteiger partial charge in [0.05, 0.1) is 12.2 Å². The summed E-state index contributed by atoms with van der Waals surface area (Å²) < 4.78 is 6.74. The van der Waals surface area contributed by atoms with Gasteiger partial charge in [-0.25, -0.2) is 0 Å². The van der Waals surface area contributed by atoms with E-state index in [1.54, 1.807) is 0 Å². The fourth-order valence-electron chi connectivity index (χ4n) is 3.28. The lowest BCUT2D eigenvalue weighted by molar-refractivity contribution is -0.0610. The van der Waals surface area contributed by atoms with Gasteiger partial charge in [-0.15, -0.1) is 0 Å². The fourth-order valence-corrected chi connectivity index (χ4v) is 3.28. The van der Waals surface area contributed by atoms with E-state index in [0.717, 1.165) is 0 Å². The molecule has 0 saturated heterocycles. The molecule has 0 bridgehead atoms. The normalized spacial score (nSPS) is 14.2. The molecule has 0 aliphatic carbocycles. The highest BCUT2D eigenvalue weighted by Gasteiger charge is 2.25. The van der Waals surface area contributed by atoms with Crippen molar-refractivity contribution < 1.29 is 4.74 Å². The van der Waals surface area contributed by atoms with E-state index >= 15 is 0 Å². The van der Waals surface area contributed by atoms with E-state index < -0.39 is 0 Å². The highest BCUT2D eigenvalue weighted by molar-refractivity contribution is 5.33. The Bertz CT molecular complexity index is 651. The zero-order valence-electron chi connectivity index (χ0n) is 17.2. The van der Waals surface area contributed by atoms with E-state index in [4.69, 9.17) is 4.74 Å². The molecule has 0 fully saturated rings. The van der Waals surface area contributed by atoms with Crippen LogP contribution < -0.4 is 0 Å². The lowest BCUT2D eigenvalue weighted by Crippen LogP contribution is -2.19. The van der Waals surface area contributed by atoms with Gasteiger partial charge in [-0.3, -0.25) is 0 Å². The van der Waals surface area contributed by atoms with Crippen molar-refractivity contribution in [2.75, 3.05) is 0 Å². The van der Waals surface area contributed by atoms with Crippen LogP contribution in [0.15, 0.2) is 36.4 Å². The Morgan fingerprint density at radius 2 is 0.920 bits per heavy atom. The van der Waals surface area contributed by atoms with Crippen molar-refractivity contribution in [3.63, 3.8) is 0 Å². The molecule has 0 saturated carbocycles.